The molecule has 0 aliphatic heterocycles. The van der Waals surface area contributed by atoms with E-state index in [9.17, 15) is 14.9 Å². The Morgan fingerprint density at radius 2 is 2.29 bits per heavy atom. The lowest BCUT2D eigenvalue weighted by molar-refractivity contribution is -0.384. The zero-order valence-electron chi connectivity index (χ0n) is 9.42. The van der Waals surface area contributed by atoms with Crippen molar-refractivity contribution in [2.75, 3.05) is 6.61 Å². The fourth-order valence-corrected chi connectivity index (χ4v) is 1.34. The number of carbonyl (C=O) groups excluding carboxylic acids is 1. The van der Waals surface area contributed by atoms with Gasteiger partial charge in [0.1, 0.15) is 0 Å². The van der Waals surface area contributed by atoms with Gasteiger partial charge in [0.2, 0.25) is 5.91 Å². The first kappa shape index (κ1) is 13.1. The van der Waals surface area contributed by atoms with Crippen LogP contribution >= 0.6 is 0 Å². The van der Waals surface area contributed by atoms with Crippen LogP contribution in [0.3, 0.4) is 0 Å². The van der Waals surface area contributed by atoms with E-state index in [2.05, 4.69) is 5.32 Å². The molecule has 0 aromatic heterocycles. The summed E-state index contributed by atoms with van der Waals surface area (Å²) < 4.78 is 0. The molecule has 0 fully saturated rings. The van der Waals surface area contributed by atoms with E-state index in [4.69, 9.17) is 5.11 Å². The van der Waals surface area contributed by atoms with E-state index in [1.807, 2.05) is 0 Å². The van der Waals surface area contributed by atoms with Gasteiger partial charge in [0.15, 0.2) is 0 Å². The minimum absolute atomic E-state index is 0.0366. The SMILES string of the molecule is C[C@H](CO)NC(=O)Cc1cccc([N+](=O)[O-])c1. The summed E-state index contributed by atoms with van der Waals surface area (Å²) in [4.78, 5) is 21.5. The van der Waals surface area contributed by atoms with Gasteiger partial charge in [0.25, 0.3) is 5.69 Å². The van der Waals surface area contributed by atoms with E-state index in [1.165, 1.54) is 18.2 Å². The number of benzene rings is 1. The zero-order chi connectivity index (χ0) is 12.8. The molecule has 92 valence electrons. The smallest absolute Gasteiger partial charge is 0.269 e. The molecule has 6 heteroatoms. The monoisotopic (exact) mass is 238 g/mol. The molecule has 0 bridgehead atoms. The minimum atomic E-state index is -0.502. The predicted octanol–water partition coefficient (Wildman–Crippen LogP) is 0.634. The quantitative estimate of drug-likeness (QED) is 0.581. The fraction of sp³-hybridized carbons (Fsp3) is 0.364. The molecule has 1 atom stereocenters. The third-order valence-corrected chi connectivity index (χ3v) is 2.17. The van der Waals surface area contributed by atoms with Gasteiger partial charge in [-0.1, -0.05) is 12.1 Å². The van der Waals surface area contributed by atoms with Gasteiger partial charge in [-0.2, -0.15) is 0 Å². The number of aliphatic hydroxyl groups excluding tert-OH is 1. The topological polar surface area (TPSA) is 92.5 Å². The van der Waals surface area contributed by atoms with E-state index in [1.54, 1.807) is 13.0 Å². The van der Waals surface area contributed by atoms with Gasteiger partial charge in [-0.15, -0.1) is 0 Å². The first-order valence-electron chi connectivity index (χ1n) is 5.16. The summed E-state index contributed by atoms with van der Waals surface area (Å²) in [5.74, 6) is -0.271. The molecule has 0 heterocycles. The van der Waals surface area contributed by atoms with Gasteiger partial charge in [-0.25, -0.2) is 0 Å². The van der Waals surface area contributed by atoms with Gasteiger partial charge in [0, 0.05) is 18.2 Å². The number of amides is 1. The number of nitrogens with zero attached hydrogens (tertiary/aromatic N) is 1. The summed E-state index contributed by atoms with van der Waals surface area (Å²) in [6.07, 6.45) is 0.0615. The summed E-state index contributed by atoms with van der Waals surface area (Å²) >= 11 is 0. The van der Waals surface area contributed by atoms with E-state index >= 15 is 0 Å². The van der Waals surface area contributed by atoms with Gasteiger partial charge in [0.05, 0.1) is 18.0 Å². The van der Waals surface area contributed by atoms with E-state index in [0.717, 1.165) is 0 Å². The van der Waals surface area contributed by atoms with Crippen LogP contribution in [0.2, 0.25) is 0 Å². The highest BCUT2D eigenvalue weighted by molar-refractivity contribution is 5.79. The van der Waals surface area contributed by atoms with Crippen molar-refractivity contribution in [2.45, 2.75) is 19.4 Å². The highest BCUT2D eigenvalue weighted by Gasteiger charge is 2.10. The highest BCUT2D eigenvalue weighted by Crippen LogP contribution is 2.13. The van der Waals surface area contributed by atoms with Crippen LogP contribution in [0.1, 0.15) is 12.5 Å². The molecule has 1 aromatic carbocycles. The van der Waals surface area contributed by atoms with Crippen molar-refractivity contribution in [3.05, 3.63) is 39.9 Å². The summed E-state index contributed by atoms with van der Waals surface area (Å²) in [5.41, 5.74) is 0.535. The Morgan fingerprint density at radius 1 is 1.59 bits per heavy atom. The maximum Gasteiger partial charge on any atom is 0.269 e. The number of carbonyl (C=O) groups is 1. The molecule has 1 aromatic rings. The second-order valence-corrected chi connectivity index (χ2v) is 3.75. The molecule has 2 N–H and O–H groups in total. The van der Waals surface area contributed by atoms with Gasteiger partial charge >= 0.3 is 0 Å². The number of non-ortho nitro benzene ring substituents is 1. The molecule has 0 saturated heterocycles. The molecule has 1 amide bonds. The normalized spacial score (nSPS) is 11.9. The van der Waals surface area contributed by atoms with Crippen molar-refractivity contribution < 1.29 is 14.8 Å². The molecule has 1 rings (SSSR count). The lowest BCUT2D eigenvalue weighted by Gasteiger charge is -2.10. The number of nitrogens with one attached hydrogen (secondary N) is 1. The van der Waals surface area contributed by atoms with Crippen molar-refractivity contribution in [1.82, 2.24) is 5.32 Å². The number of rotatable bonds is 5. The number of nitro groups is 1. The zero-order valence-corrected chi connectivity index (χ0v) is 9.42. The van der Waals surface area contributed by atoms with Crippen molar-refractivity contribution in [3.63, 3.8) is 0 Å². The third-order valence-electron chi connectivity index (χ3n) is 2.17. The number of hydrogen-bond acceptors (Lipinski definition) is 4. The van der Waals surface area contributed by atoms with Crippen LogP contribution in [0, 0.1) is 10.1 Å². The van der Waals surface area contributed by atoms with Crippen molar-refractivity contribution >= 4 is 11.6 Å². The summed E-state index contributed by atoms with van der Waals surface area (Å²) in [6, 6.07) is 5.61. The van der Waals surface area contributed by atoms with Crippen LogP contribution in [0.5, 0.6) is 0 Å². The number of aliphatic hydroxyl groups is 1. The molecule has 0 unspecified atom stereocenters. The van der Waals surface area contributed by atoms with Crippen molar-refractivity contribution in [3.8, 4) is 0 Å². The molecule has 0 aliphatic rings. The Kier molecular flexibility index (Phi) is 4.59. The molecular formula is C11H14N2O4. The van der Waals surface area contributed by atoms with Gasteiger partial charge in [-0.3, -0.25) is 14.9 Å². The highest BCUT2D eigenvalue weighted by atomic mass is 16.6. The largest absolute Gasteiger partial charge is 0.394 e. The second-order valence-electron chi connectivity index (χ2n) is 3.75. The van der Waals surface area contributed by atoms with Crippen molar-refractivity contribution in [2.24, 2.45) is 0 Å². The Morgan fingerprint density at radius 3 is 2.88 bits per heavy atom. The van der Waals surface area contributed by atoms with Crippen LogP contribution in [0.25, 0.3) is 0 Å². The maximum atomic E-state index is 11.5. The molecule has 0 spiro atoms. The van der Waals surface area contributed by atoms with Gasteiger partial charge in [-0.05, 0) is 12.5 Å². The summed E-state index contributed by atoms with van der Waals surface area (Å²) in [5, 5.41) is 21.9. The average molecular weight is 238 g/mol. The van der Waals surface area contributed by atoms with E-state index in [-0.39, 0.29) is 30.7 Å². The molecule has 0 aliphatic carbocycles. The first-order valence-corrected chi connectivity index (χ1v) is 5.16. The Bertz CT molecular complexity index is 420. The number of hydrogen-bond donors (Lipinski definition) is 2. The summed E-state index contributed by atoms with van der Waals surface area (Å²) in [6.45, 7) is 1.53. The van der Waals surface area contributed by atoms with Crippen LogP contribution in [0.4, 0.5) is 5.69 Å². The predicted molar refractivity (Wildman–Crippen MR) is 61.5 cm³/mol. The molecular weight excluding hydrogens is 224 g/mol. The lowest BCUT2D eigenvalue weighted by Crippen LogP contribution is -2.35. The molecule has 0 saturated carbocycles. The third kappa shape index (κ3) is 4.20. The van der Waals surface area contributed by atoms with Crippen LogP contribution in [-0.4, -0.2) is 28.6 Å². The first-order chi connectivity index (χ1) is 8.02. The minimum Gasteiger partial charge on any atom is -0.394 e. The fourth-order valence-electron chi connectivity index (χ4n) is 1.34. The Labute approximate surface area is 98.4 Å². The molecule has 17 heavy (non-hydrogen) atoms. The number of nitro benzene ring substituents is 1. The van der Waals surface area contributed by atoms with Gasteiger partial charge < -0.3 is 10.4 Å². The Balaban J connectivity index is 2.65. The molecule has 0 radical (unpaired) electrons. The summed E-state index contributed by atoms with van der Waals surface area (Å²) in [7, 11) is 0. The van der Waals surface area contributed by atoms with E-state index < -0.39 is 4.92 Å². The standard InChI is InChI=1S/C11H14N2O4/c1-8(7-14)12-11(15)6-9-3-2-4-10(5-9)13(16)17/h2-5,8,14H,6-7H2,1H3,(H,12,15)/t8-/m1/s1. The lowest BCUT2D eigenvalue weighted by atomic mass is 10.1. The van der Waals surface area contributed by atoms with E-state index in [0.29, 0.717) is 5.56 Å². The Hall–Kier alpha value is -1.95. The van der Waals surface area contributed by atoms with Crippen LogP contribution in [0.15, 0.2) is 24.3 Å². The average Bonchev–Trinajstić information content (AvgIpc) is 2.28. The molecule has 6 nitrogen and oxygen atoms in total. The van der Waals surface area contributed by atoms with Crippen LogP contribution < -0.4 is 5.32 Å². The maximum absolute atomic E-state index is 11.5. The second kappa shape index (κ2) is 5.95. The van der Waals surface area contributed by atoms with Crippen molar-refractivity contribution in [1.29, 1.82) is 0 Å². The van der Waals surface area contributed by atoms with Crippen LogP contribution in [-0.2, 0) is 11.2 Å².